The molecule has 1 atom stereocenters. The standard InChI is InChI=1S/C18H21N3O2/c1-11-7-12(2)9-15(8-11)19-18(23)13(3)21-17(22)10-14-5-4-6-16(14)20-21/h7-10,13H,4-6H2,1-3H3,(H,19,23). The molecule has 1 amide bonds. The molecule has 5 nitrogen and oxygen atoms in total. The monoisotopic (exact) mass is 311 g/mol. The van der Waals surface area contributed by atoms with Crippen LogP contribution in [0.5, 0.6) is 0 Å². The van der Waals surface area contributed by atoms with Gasteiger partial charge in [-0.1, -0.05) is 6.07 Å². The van der Waals surface area contributed by atoms with Crippen molar-refractivity contribution in [3.05, 3.63) is 57.0 Å². The summed E-state index contributed by atoms with van der Waals surface area (Å²) in [6, 6.07) is 6.85. The van der Waals surface area contributed by atoms with Crippen molar-refractivity contribution in [3.63, 3.8) is 0 Å². The number of anilines is 1. The van der Waals surface area contributed by atoms with E-state index in [1.54, 1.807) is 13.0 Å². The maximum atomic E-state index is 12.5. The second-order valence-corrected chi connectivity index (χ2v) is 6.29. The lowest BCUT2D eigenvalue weighted by molar-refractivity contribution is -0.119. The van der Waals surface area contributed by atoms with Crippen molar-refractivity contribution in [1.82, 2.24) is 9.78 Å². The Kier molecular flexibility index (Phi) is 4.03. The summed E-state index contributed by atoms with van der Waals surface area (Å²) in [5.74, 6) is -0.234. The second-order valence-electron chi connectivity index (χ2n) is 6.29. The highest BCUT2D eigenvalue weighted by molar-refractivity contribution is 5.93. The summed E-state index contributed by atoms with van der Waals surface area (Å²) in [7, 11) is 0. The number of nitrogens with zero attached hydrogens (tertiary/aromatic N) is 2. The molecular formula is C18H21N3O2. The van der Waals surface area contributed by atoms with Gasteiger partial charge in [-0.05, 0) is 68.9 Å². The van der Waals surface area contributed by atoms with Crippen molar-refractivity contribution in [2.24, 2.45) is 0 Å². The van der Waals surface area contributed by atoms with Crippen LogP contribution in [-0.4, -0.2) is 15.7 Å². The smallest absolute Gasteiger partial charge is 0.267 e. The molecule has 1 heterocycles. The van der Waals surface area contributed by atoms with Gasteiger partial charge < -0.3 is 5.32 Å². The minimum Gasteiger partial charge on any atom is -0.324 e. The lowest BCUT2D eigenvalue weighted by atomic mass is 10.1. The molecule has 1 aromatic carbocycles. The maximum absolute atomic E-state index is 12.5. The van der Waals surface area contributed by atoms with Crippen molar-refractivity contribution in [3.8, 4) is 0 Å². The first-order valence-electron chi connectivity index (χ1n) is 7.95. The molecule has 2 aromatic rings. The van der Waals surface area contributed by atoms with Gasteiger partial charge in [0.25, 0.3) is 5.56 Å². The number of benzene rings is 1. The summed E-state index contributed by atoms with van der Waals surface area (Å²) >= 11 is 0. The third-order valence-corrected chi connectivity index (χ3v) is 4.22. The van der Waals surface area contributed by atoms with Crippen LogP contribution in [0.3, 0.4) is 0 Å². The van der Waals surface area contributed by atoms with E-state index in [9.17, 15) is 9.59 Å². The number of nitrogens with one attached hydrogen (secondary N) is 1. The second kappa shape index (κ2) is 5.99. The number of rotatable bonds is 3. The van der Waals surface area contributed by atoms with E-state index in [4.69, 9.17) is 0 Å². The molecular weight excluding hydrogens is 290 g/mol. The van der Waals surface area contributed by atoms with Crippen molar-refractivity contribution >= 4 is 11.6 Å². The molecule has 0 fully saturated rings. The third kappa shape index (κ3) is 3.18. The summed E-state index contributed by atoms with van der Waals surface area (Å²) < 4.78 is 1.29. The Labute approximate surface area is 135 Å². The highest BCUT2D eigenvalue weighted by atomic mass is 16.2. The van der Waals surface area contributed by atoms with Crippen LogP contribution >= 0.6 is 0 Å². The summed E-state index contributed by atoms with van der Waals surface area (Å²) in [6.07, 6.45) is 2.80. The average molecular weight is 311 g/mol. The SMILES string of the molecule is Cc1cc(C)cc(NC(=O)C(C)n2nc3c(cc2=O)CCC3)c1. The minimum absolute atomic E-state index is 0.214. The third-order valence-electron chi connectivity index (χ3n) is 4.22. The van der Waals surface area contributed by atoms with Gasteiger partial charge in [-0.25, -0.2) is 4.68 Å². The molecule has 120 valence electrons. The van der Waals surface area contributed by atoms with Gasteiger partial charge in [-0.2, -0.15) is 5.10 Å². The van der Waals surface area contributed by atoms with Crippen LogP contribution in [0.15, 0.2) is 29.1 Å². The Hall–Kier alpha value is -2.43. The predicted octanol–water partition coefficient (Wildman–Crippen LogP) is 2.55. The Morgan fingerprint density at radius 2 is 1.87 bits per heavy atom. The van der Waals surface area contributed by atoms with E-state index in [-0.39, 0.29) is 11.5 Å². The molecule has 5 heteroatoms. The van der Waals surface area contributed by atoms with Crippen LogP contribution in [0, 0.1) is 13.8 Å². The fourth-order valence-electron chi connectivity index (χ4n) is 3.10. The molecule has 0 bridgehead atoms. The molecule has 1 aromatic heterocycles. The summed E-state index contributed by atoms with van der Waals surface area (Å²) in [4.78, 5) is 24.7. The number of carbonyl (C=O) groups excluding carboxylic acids is 1. The zero-order valence-electron chi connectivity index (χ0n) is 13.7. The normalized spacial score (nSPS) is 14.4. The van der Waals surface area contributed by atoms with Crippen LogP contribution in [0.25, 0.3) is 0 Å². The molecule has 0 aliphatic heterocycles. The number of aryl methyl sites for hydroxylation is 4. The van der Waals surface area contributed by atoms with Gasteiger partial charge in [0, 0.05) is 11.8 Å². The molecule has 0 saturated heterocycles. The summed E-state index contributed by atoms with van der Waals surface area (Å²) in [6.45, 7) is 5.67. The fourth-order valence-corrected chi connectivity index (χ4v) is 3.10. The summed E-state index contributed by atoms with van der Waals surface area (Å²) in [5.41, 5.74) is 4.66. The van der Waals surface area contributed by atoms with Crippen molar-refractivity contribution in [1.29, 1.82) is 0 Å². The van der Waals surface area contributed by atoms with Crippen molar-refractivity contribution in [2.45, 2.75) is 46.1 Å². The van der Waals surface area contributed by atoms with Gasteiger partial charge >= 0.3 is 0 Å². The van der Waals surface area contributed by atoms with Crippen molar-refractivity contribution in [2.75, 3.05) is 5.32 Å². The van der Waals surface area contributed by atoms with Crippen LogP contribution < -0.4 is 10.9 Å². The molecule has 1 aliphatic rings. The molecule has 0 saturated carbocycles. The Morgan fingerprint density at radius 1 is 1.17 bits per heavy atom. The maximum Gasteiger partial charge on any atom is 0.267 e. The first-order valence-corrected chi connectivity index (χ1v) is 7.95. The summed E-state index contributed by atoms with van der Waals surface area (Å²) in [5, 5.41) is 7.27. The molecule has 1 aliphatic carbocycles. The molecule has 1 unspecified atom stereocenters. The Balaban J connectivity index is 1.84. The number of hydrogen-bond acceptors (Lipinski definition) is 3. The van der Waals surface area contributed by atoms with Gasteiger partial charge in [0.15, 0.2) is 0 Å². The number of fused-ring (bicyclic) bond motifs is 1. The quantitative estimate of drug-likeness (QED) is 0.947. The number of aromatic nitrogens is 2. The van der Waals surface area contributed by atoms with Crippen LogP contribution in [0.4, 0.5) is 5.69 Å². The zero-order chi connectivity index (χ0) is 16.6. The molecule has 0 spiro atoms. The zero-order valence-corrected chi connectivity index (χ0v) is 13.7. The van der Waals surface area contributed by atoms with Crippen LogP contribution in [0.1, 0.15) is 41.8 Å². The predicted molar refractivity (Wildman–Crippen MR) is 89.8 cm³/mol. The van der Waals surface area contributed by atoms with E-state index >= 15 is 0 Å². The van der Waals surface area contributed by atoms with Gasteiger partial charge in [0.05, 0.1) is 5.69 Å². The van der Waals surface area contributed by atoms with E-state index in [1.165, 1.54) is 4.68 Å². The van der Waals surface area contributed by atoms with E-state index in [2.05, 4.69) is 10.4 Å². The lowest BCUT2D eigenvalue weighted by Crippen LogP contribution is -2.34. The van der Waals surface area contributed by atoms with Crippen LogP contribution in [0.2, 0.25) is 0 Å². The fraction of sp³-hybridized carbons (Fsp3) is 0.389. The van der Waals surface area contributed by atoms with Gasteiger partial charge in [0.1, 0.15) is 6.04 Å². The van der Waals surface area contributed by atoms with E-state index in [0.29, 0.717) is 0 Å². The first-order chi connectivity index (χ1) is 10.9. The van der Waals surface area contributed by atoms with Gasteiger partial charge in [0.2, 0.25) is 5.91 Å². The van der Waals surface area contributed by atoms with Crippen molar-refractivity contribution < 1.29 is 4.79 Å². The largest absolute Gasteiger partial charge is 0.324 e. The van der Waals surface area contributed by atoms with E-state index in [1.807, 2.05) is 32.0 Å². The Bertz CT molecular complexity index is 803. The Morgan fingerprint density at radius 3 is 2.57 bits per heavy atom. The molecule has 0 radical (unpaired) electrons. The molecule has 3 rings (SSSR count). The van der Waals surface area contributed by atoms with Crippen LogP contribution in [-0.2, 0) is 17.6 Å². The number of hydrogen-bond donors (Lipinski definition) is 1. The molecule has 23 heavy (non-hydrogen) atoms. The number of amides is 1. The highest BCUT2D eigenvalue weighted by Gasteiger charge is 2.21. The number of carbonyl (C=O) groups is 1. The topological polar surface area (TPSA) is 64.0 Å². The van der Waals surface area contributed by atoms with Gasteiger partial charge in [-0.3, -0.25) is 9.59 Å². The first kappa shape index (κ1) is 15.5. The molecule has 1 N–H and O–H groups in total. The van der Waals surface area contributed by atoms with E-state index in [0.717, 1.165) is 47.3 Å². The highest BCUT2D eigenvalue weighted by Crippen LogP contribution is 2.19. The average Bonchev–Trinajstić information content (AvgIpc) is 2.91. The lowest BCUT2D eigenvalue weighted by Gasteiger charge is -2.15. The van der Waals surface area contributed by atoms with Gasteiger partial charge in [-0.15, -0.1) is 0 Å². The van der Waals surface area contributed by atoms with E-state index < -0.39 is 6.04 Å². The minimum atomic E-state index is -0.644.